The van der Waals surface area contributed by atoms with E-state index in [-0.39, 0.29) is 27.4 Å². The minimum Gasteiger partial charge on any atom is -0.550 e. The summed E-state index contributed by atoms with van der Waals surface area (Å²) in [5.41, 5.74) is 1.55. The molecule has 0 aliphatic heterocycles. The highest BCUT2D eigenvalue weighted by atomic mass is 35.5. The highest BCUT2D eigenvalue weighted by molar-refractivity contribution is 6.31. The molecule has 0 saturated carbocycles. The number of aryl methyl sites for hydroxylation is 1. The molecule has 1 N–H and O–H groups in total. The van der Waals surface area contributed by atoms with Gasteiger partial charge in [0.15, 0.2) is 0 Å². The Morgan fingerprint density at radius 1 is 1.33 bits per heavy atom. The van der Waals surface area contributed by atoms with Crippen LogP contribution in [0.25, 0.3) is 10.9 Å². The van der Waals surface area contributed by atoms with Crippen molar-refractivity contribution < 1.29 is 19.1 Å². The van der Waals surface area contributed by atoms with Gasteiger partial charge in [-0.15, -0.1) is 0 Å². The number of aromatic amines is 1. The third kappa shape index (κ3) is 2.88. The van der Waals surface area contributed by atoms with Gasteiger partial charge in [0.05, 0.1) is 10.7 Å². The lowest BCUT2D eigenvalue weighted by Crippen LogP contribution is -2.25. The molecule has 5 nitrogen and oxygen atoms in total. The van der Waals surface area contributed by atoms with Gasteiger partial charge < -0.3 is 14.9 Å². The Hall–Kier alpha value is -2.73. The zero-order chi connectivity index (χ0) is 17.4. The fraction of sp³-hybridized carbons (Fsp3) is 0.118. The molecule has 0 atom stereocenters. The molecule has 0 aliphatic rings. The van der Waals surface area contributed by atoms with E-state index in [2.05, 4.69) is 9.97 Å². The molecule has 0 bridgehead atoms. The van der Waals surface area contributed by atoms with Gasteiger partial charge >= 0.3 is 0 Å². The normalized spacial score (nSPS) is 11.0. The van der Waals surface area contributed by atoms with E-state index in [1.807, 2.05) is 0 Å². The second kappa shape index (κ2) is 6.05. The molecule has 0 spiro atoms. The van der Waals surface area contributed by atoms with E-state index in [0.29, 0.717) is 5.52 Å². The second-order valence-electron chi connectivity index (χ2n) is 5.39. The maximum atomic E-state index is 13.7. The maximum Gasteiger partial charge on any atom is 0.227 e. The minimum absolute atomic E-state index is 0.0361. The summed E-state index contributed by atoms with van der Waals surface area (Å²) in [5.74, 6) is -2.56. The first-order chi connectivity index (χ1) is 11.4. The van der Waals surface area contributed by atoms with E-state index < -0.39 is 24.0 Å². The molecule has 0 saturated heterocycles. The number of benzene rings is 1. The van der Waals surface area contributed by atoms with Crippen LogP contribution in [0.15, 0.2) is 30.5 Å². The molecule has 0 unspecified atom stereocenters. The number of pyridine rings is 1. The first-order valence-electron chi connectivity index (χ1n) is 7.03. The SMILES string of the molecule is Cc1ccnc(C(=O)c2[nH]c3cc(Cl)c(F)cc3c2CC(=O)[O-])c1. The van der Waals surface area contributed by atoms with Crippen molar-refractivity contribution in [1.82, 2.24) is 9.97 Å². The molecule has 7 heteroatoms. The Bertz CT molecular complexity index is 981. The number of aliphatic carboxylic acids is 1. The molecular weight excluding hydrogens is 335 g/mol. The Labute approximate surface area is 141 Å². The van der Waals surface area contributed by atoms with Gasteiger partial charge in [0.1, 0.15) is 11.5 Å². The number of fused-ring (bicyclic) bond motifs is 1. The largest absolute Gasteiger partial charge is 0.550 e. The van der Waals surface area contributed by atoms with Crippen LogP contribution in [-0.2, 0) is 11.2 Å². The van der Waals surface area contributed by atoms with Gasteiger partial charge in [0.2, 0.25) is 5.78 Å². The Balaban J connectivity index is 2.22. The molecule has 3 rings (SSSR count). The van der Waals surface area contributed by atoms with Crippen LogP contribution >= 0.6 is 11.6 Å². The topological polar surface area (TPSA) is 85.9 Å². The molecule has 3 aromatic rings. The number of aromatic nitrogens is 2. The summed E-state index contributed by atoms with van der Waals surface area (Å²) in [6.07, 6.45) is 0.953. The Morgan fingerprint density at radius 2 is 2.08 bits per heavy atom. The molecule has 1 aromatic carbocycles. The average Bonchev–Trinajstić information content (AvgIpc) is 2.84. The molecule has 122 valence electrons. The predicted molar refractivity (Wildman–Crippen MR) is 84.4 cm³/mol. The molecule has 24 heavy (non-hydrogen) atoms. The summed E-state index contributed by atoms with van der Waals surface area (Å²) in [5, 5.41) is 11.2. The number of nitrogens with one attached hydrogen (secondary N) is 1. The number of halogens is 2. The van der Waals surface area contributed by atoms with Gasteiger partial charge in [-0.25, -0.2) is 4.39 Å². The number of hydrogen-bond donors (Lipinski definition) is 1. The third-order valence-electron chi connectivity index (χ3n) is 3.64. The number of ketones is 1. The lowest BCUT2D eigenvalue weighted by Gasteiger charge is -2.05. The summed E-state index contributed by atoms with van der Waals surface area (Å²) in [6, 6.07) is 5.74. The lowest BCUT2D eigenvalue weighted by molar-refractivity contribution is -0.304. The van der Waals surface area contributed by atoms with Gasteiger partial charge in [0, 0.05) is 29.5 Å². The van der Waals surface area contributed by atoms with Crippen LogP contribution in [0.5, 0.6) is 0 Å². The number of hydrogen-bond acceptors (Lipinski definition) is 4. The molecule has 2 heterocycles. The van der Waals surface area contributed by atoms with E-state index >= 15 is 0 Å². The van der Waals surface area contributed by atoms with Crippen LogP contribution in [-0.4, -0.2) is 21.7 Å². The van der Waals surface area contributed by atoms with Crippen LogP contribution in [0.2, 0.25) is 5.02 Å². The quantitative estimate of drug-likeness (QED) is 0.734. The number of carbonyl (C=O) groups excluding carboxylic acids is 2. The maximum absolute atomic E-state index is 13.7. The van der Waals surface area contributed by atoms with Crippen molar-refractivity contribution in [2.75, 3.05) is 0 Å². The van der Waals surface area contributed by atoms with E-state index in [4.69, 9.17) is 11.6 Å². The number of carbonyl (C=O) groups is 2. The molecule has 0 aliphatic carbocycles. The van der Waals surface area contributed by atoms with E-state index in [1.165, 1.54) is 12.3 Å². The number of rotatable bonds is 4. The summed E-state index contributed by atoms with van der Waals surface area (Å²) < 4.78 is 13.7. The summed E-state index contributed by atoms with van der Waals surface area (Å²) >= 11 is 5.75. The highest BCUT2D eigenvalue weighted by Crippen LogP contribution is 2.29. The molecule has 0 amide bonds. The lowest BCUT2D eigenvalue weighted by atomic mass is 10.0. The summed E-state index contributed by atoms with van der Waals surface area (Å²) in [4.78, 5) is 30.6. The first-order valence-corrected chi connectivity index (χ1v) is 7.41. The van der Waals surface area contributed by atoms with Crippen molar-refractivity contribution in [2.24, 2.45) is 0 Å². The Morgan fingerprint density at radius 3 is 2.75 bits per heavy atom. The van der Waals surface area contributed by atoms with Crippen molar-refractivity contribution >= 4 is 34.3 Å². The van der Waals surface area contributed by atoms with Gasteiger partial charge in [-0.2, -0.15) is 0 Å². The first kappa shape index (κ1) is 16.1. The van der Waals surface area contributed by atoms with Crippen LogP contribution < -0.4 is 5.11 Å². The van der Waals surface area contributed by atoms with Gasteiger partial charge in [0.25, 0.3) is 0 Å². The molecule has 0 fully saturated rings. The number of H-pyrrole nitrogens is 1. The highest BCUT2D eigenvalue weighted by Gasteiger charge is 2.21. The van der Waals surface area contributed by atoms with Crippen LogP contribution in [0, 0.1) is 12.7 Å². The van der Waals surface area contributed by atoms with Gasteiger partial charge in [-0.05, 0) is 42.3 Å². The van der Waals surface area contributed by atoms with Gasteiger partial charge in [-0.1, -0.05) is 11.6 Å². The fourth-order valence-corrected chi connectivity index (χ4v) is 2.72. The summed E-state index contributed by atoms with van der Waals surface area (Å²) in [7, 11) is 0. The monoisotopic (exact) mass is 345 g/mol. The van der Waals surface area contributed by atoms with Crippen molar-refractivity contribution in [3.05, 3.63) is 63.8 Å². The van der Waals surface area contributed by atoms with E-state index in [9.17, 15) is 19.1 Å². The van der Waals surface area contributed by atoms with Gasteiger partial charge in [-0.3, -0.25) is 9.78 Å². The number of carboxylic acid groups (broad SMARTS) is 1. The zero-order valence-electron chi connectivity index (χ0n) is 12.5. The number of nitrogens with zero attached hydrogens (tertiary/aromatic N) is 1. The molecule has 2 aromatic heterocycles. The van der Waals surface area contributed by atoms with Crippen molar-refractivity contribution in [3.63, 3.8) is 0 Å². The minimum atomic E-state index is -1.38. The van der Waals surface area contributed by atoms with E-state index in [0.717, 1.165) is 11.6 Å². The standard InChI is InChI=1S/C17H12ClFN2O3/c1-8-2-3-20-14(4-8)17(24)16-10(6-15(22)23)9-5-12(19)11(18)7-13(9)21-16/h2-5,7,21H,6H2,1H3,(H,22,23)/p-1. The molecular formula is C17H11ClFN2O3-. The van der Waals surface area contributed by atoms with Crippen LogP contribution in [0.4, 0.5) is 4.39 Å². The fourth-order valence-electron chi connectivity index (χ4n) is 2.55. The van der Waals surface area contributed by atoms with Crippen LogP contribution in [0.3, 0.4) is 0 Å². The number of carboxylic acids is 1. The zero-order valence-corrected chi connectivity index (χ0v) is 13.3. The summed E-state index contributed by atoms with van der Waals surface area (Å²) in [6.45, 7) is 1.81. The van der Waals surface area contributed by atoms with E-state index in [1.54, 1.807) is 19.1 Å². The van der Waals surface area contributed by atoms with Crippen molar-refractivity contribution in [2.45, 2.75) is 13.3 Å². The Kier molecular flexibility index (Phi) is 4.07. The van der Waals surface area contributed by atoms with Crippen molar-refractivity contribution in [1.29, 1.82) is 0 Å². The second-order valence-corrected chi connectivity index (χ2v) is 5.79. The van der Waals surface area contributed by atoms with Crippen molar-refractivity contribution in [3.8, 4) is 0 Å². The smallest absolute Gasteiger partial charge is 0.227 e. The third-order valence-corrected chi connectivity index (χ3v) is 3.93. The molecule has 0 radical (unpaired) electrons. The predicted octanol–water partition coefficient (Wildman–Crippen LogP) is 2.19. The van der Waals surface area contributed by atoms with Crippen LogP contribution in [0.1, 0.15) is 27.3 Å². The average molecular weight is 346 g/mol.